The molecule has 0 saturated carbocycles. The van der Waals surface area contributed by atoms with Crippen LogP contribution in [-0.4, -0.2) is 21.2 Å². The third kappa shape index (κ3) is 2.19. The molecular formula is C11H17ClN2O. The molecule has 0 aliphatic carbocycles. The Hall–Kier alpha value is -0.930. The Labute approximate surface area is 96.8 Å². The molecular weight excluding hydrogens is 212 g/mol. The Morgan fingerprint density at radius 2 is 1.80 bits per heavy atom. The molecule has 1 aromatic carbocycles. The number of benzene rings is 1. The normalized spacial score (nSPS) is 13.0. The molecule has 0 fully saturated rings. The molecule has 1 heterocycles. The van der Waals surface area contributed by atoms with Gasteiger partial charge >= 0.3 is 0 Å². The zero-order valence-electron chi connectivity index (χ0n) is 9.33. The van der Waals surface area contributed by atoms with E-state index in [2.05, 4.69) is 22.3 Å². The van der Waals surface area contributed by atoms with E-state index in [-0.39, 0.29) is 12.4 Å². The van der Waals surface area contributed by atoms with Gasteiger partial charge in [-0.25, -0.2) is 0 Å². The average Bonchev–Trinajstić information content (AvgIpc) is 2.62. The minimum atomic E-state index is 0. The topological polar surface area (TPSA) is 24.5 Å². The van der Waals surface area contributed by atoms with Gasteiger partial charge in [0.2, 0.25) is 0 Å². The van der Waals surface area contributed by atoms with E-state index in [0.29, 0.717) is 0 Å². The molecule has 0 radical (unpaired) electrons. The first-order valence-electron chi connectivity index (χ1n) is 4.80. The molecule has 84 valence electrons. The quantitative estimate of drug-likeness (QED) is 0.836. The molecule has 0 amide bonds. The van der Waals surface area contributed by atoms with E-state index in [9.17, 15) is 0 Å². The highest BCUT2D eigenvalue weighted by molar-refractivity contribution is 5.85. The van der Waals surface area contributed by atoms with Crippen molar-refractivity contribution < 1.29 is 4.74 Å². The van der Waals surface area contributed by atoms with Gasteiger partial charge in [0.25, 0.3) is 0 Å². The summed E-state index contributed by atoms with van der Waals surface area (Å²) in [6.45, 7) is 1.93. The van der Waals surface area contributed by atoms with Crippen molar-refractivity contribution in [2.45, 2.75) is 13.1 Å². The van der Waals surface area contributed by atoms with Crippen LogP contribution in [0.3, 0.4) is 0 Å². The summed E-state index contributed by atoms with van der Waals surface area (Å²) >= 11 is 0. The van der Waals surface area contributed by atoms with Crippen molar-refractivity contribution in [1.29, 1.82) is 0 Å². The number of fused-ring (bicyclic) bond motifs is 1. The molecule has 0 aromatic heterocycles. The zero-order valence-corrected chi connectivity index (χ0v) is 10.1. The van der Waals surface area contributed by atoms with Gasteiger partial charge in [0, 0.05) is 27.2 Å². The van der Waals surface area contributed by atoms with Gasteiger partial charge < -0.3 is 15.0 Å². The van der Waals surface area contributed by atoms with Crippen LogP contribution in [0.25, 0.3) is 0 Å². The van der Waals surface area contributed by atoms with Gasteiger partial charge in [-0.05, 0) is 23.3 Å². The predicted molar refractivity (Wildman–Crippen MR) is 65.1 cm³/mol. The SMILES string of the molecule is COc1cc2c(cc1N(C)C)CNC2.Cl. The molecule has 3 nitrogen and oxygen atoms in total. The minimum Gasteiger partial charge on any atom is -0.495 e. The summed E-state index contributed by atoms with van der Waals surface area (Å²) < 4.78 is 5.36. The fourth-order valence-electron chi connectivity index (χ4n) is 1.83. The fraction of sp³-hybridized carbons (Fsp3) is 0.455. The number of ether oxygens (including phenoxy) is 1. The Morgan fingerprint density at radius 3 is 2.33 bits per heavy atom. The summed E-state index contributed by atoms with van der Waals surface area (Å²) in [5.41, 5.74) is 3.89. The molecule has 0 spiro atoms. The van der Waals surface area contributed by atoms with E-state index >= 15 is 0 Å². The number of hydrogen-bond acceptors (Lipinski definition) is 3. The van der Waals surface area contributed by atoms with Crippen LogP contribution < -0.4 is 15.0 Å². The first-order valence-corrected chi connectivity index (χ1v) is 4.80. The highest BCUT2D eigenvalue weighted by Gasteiger charge is 2.15. The molecule has 1 N–H and O–H groups in total. The number of hydrogen-bond donors (Lipinski definition) is 1. The first-order chi connectivity index (χ1) is 6.72. The Morgan fingerprint density at radius 1 is 1.20 bits per heavy atom. The van der Waals surface area contributed by atoms with Gasteiger partial charge in [0.1, 0.15) is 5.75 Å². The van der Waals surface area contributed by atoms with Crippen LogP contribution in [0.1, 0.15) is 11.1 Å². The maximum Gasteiger partial charge on any atom is 0.142 e. The maximum atomic E-state index is 5.36. The second-order valence-electron chi connectivity index (χ2n) is 3.79. The molecule has 0 atom stereocenters. The van der Waals surface area contributed by atoms with Crippen molar-refractivity contribution in [1.82, 2.24) is 5.32 Å². The van der Waals surface area contributed by atoms with Crippen LogP contribution in [0.4, 0.5) is 5.69 Å². The van der Waals surface area contributed by atoms with Gasteiger partial charge in [-0.2, -0.15) is 0 Å². The van der Waals surface area contributed by atoms with E-state index in [1.165, 1.54) is 11.1 Å². The number of halogens is 1. The summed E-state index contributed by atoms with van der Waals surface area (Å²) in [6, 6.07) is 4.33. The van der Waals surface area contributed by atoms with Gasteiger partial charge in [-0.1, -0.05) is 0 Å². The van der Waals surface area contributed by atoms with E-state index in [1.807, 2.05) is 14.1 Å². The van der Waals surface area contributed by atoms with Crippen molar-refractivity contribution in [3.05, 3.63) is 23.3 Å². The minimum absolute atomic E-state index is 0. The van der Waals surface area contributed by atoms with E-state index in [1.54, 1.807) is 7.11 Å². The second kappa shape index (κ2) is 4.73. The Kier molecular flexibility index (Phi) is 3.83. The molecule has 0 saturated heterocycles. The summed E-state index contributed by atoms with van der Waals surface area (Å²) in [5.74, 6) is 0.956. The zero-order chi connectivity index (χ0) is 10.1. The molecule has 1 aliphatic heterocycles. The van der Waals surface area contributed by atoms with Crippen LogP contribution >= 0.6 is 12.4 Å². The van der Waals surface area contributed by atoms with Crippen LogP contribution in [0, 0.1) is 0 Å². The van der Waals surface area contributed by atoms with Crippen molar-refractivity contribution in [3.8, 4) is 5.75 Å². The lowest BCUT2D eigenvalue weighted by Crippen LogP contribution is -2.10. The first kappa shape index (κ1) is 12.1. The number of anilines is 1. The summed E-state index contributed by atoms with van der Waals surface area (Å²) in [5, 5.41) is 3.33. The highest BCUT2D eigenvalue weighted by Crippen LogP contribution is 2.32. The standard InChI is InChI=1S/C11H16N2O.ClH/c1-13(2)10-4-8-6-12-7-9(8)5-11(10)14-3;/h4-5,12H,6-7H2,1-3H3;1H. The smallest absolute Gasteiger partial charge is 0.142 e. The van der Waals surface area contributed by atoms with Crippen molar-refractivity contribution in [2.24, 2.45) is 0 Å². The number of methoxy groups -OCH3 is 1. The van der Waals surface area contributed by atoms with Crippen molar-refractivity contribution in [3.63, 3.8) is 0 Å². The maximum absolute atomic E-state index is 5.36. The van der Waals surface area contributed by atoms with Gasteiger partial charge in [-0.3, -0.25) is 0 Å². The summed E-state index contributed by atoms with van der Waals surface area (Å²) in [6.07, 6.45) is 0. The van der Waals surface area contributed by atoms with Gasteiger partial charge in [-0.15, -0.1) is 12.4 Å². The molecule has 1 aromatic rings. The van der Waals surface area contributed by atoms with Crippen LogP contribution in [0.5, 0.6) is 5.75 Å². The third-order valence-electron chi connectivity index (χ3n) is 2.61. The molecule has 1 aliphatic rings. The Bertz CT molecular complexity index is 353. The number of nitrogens with zero attached hydrogens (tertiary/aromatic N) is 1. The van der Waals surface area contributed by atoms with Crippen molar-refractivity contribution >= 4 is 18.1 Å². The number of rotatable bonds is 2. The van der Waals surface area contributed by atoms with Gasteiger partial charge in [0.05, 0.1) is 12.8 Å². The highest BCUT2D eigenvalue weighted by atomic mass is 35.5. The lowest BCUT2D eigenvalue weighted by atomic mass is 10.1. The lowest BCUT2D eigenvalue weighted by Gasteiger charge is -2.17. The molecule has 0 unspecified atom stereocenters. The average molecular weight is 229 g/mol. The molecule has 0 bridgehead atoms. The number of nitrogens with one attached hydrogen (secondary N) is 1. The predicted octanol–water partition coefficient (Wildman–Crippen LogP) is 1.79. The summed E-state index contributed by atoms with van der Waals surface area (Å²) in [4.78, 5) is 2.08. The van der Waals surface area contributed by atoms with Crippen LogP contribution in [-0.2, 0) is 13.1 Å². The fourth-order valence-corrected chi connectivity index (χ4v) is 1.83. The largest absolute Gasteiger partial charge is 0.495 e. The monoisotopic (exact) mass is 228 g/mol. The third-order valence-corrected chi connectivity index (χ3v) is 2.61. The van der Waals surface area contributed by atoms with E-state index < -0.39 is 0 Å². The molecule has 4 heteroatoms. The second-order valence-corrected chi connectivity index (χ2v) is 3.79. The van der Waals surface area contributed by atoms with E-state index in [0.717, 1.165) is 24.5 Å². The van der Waals surface area contributed by atoms with Crippen LogP contribution in [0.15, 0.2) is 12.1 Å². The summed E-state index contributed by atoms with van der Waals surface area (Å²) in [7, 11) is 5.79. The van der Waals surface area contributed by atoms with Crippen LogP contribution in [0.2, 0.25) is 0 Å². The molecule has 15 heavy (non-hydrogen) atoms. The van der Waals surface area contributed by atoms with Gasteiger partial charge in [0.15, 0.2) is 0 Å². The molecule has 2 rings (SSSR count). The van der Waals surface area contributed by atoms with E-state index in [4.69, 9.17) is 4.74 Å². The lowest BCUT2D eigenvalue weighted by molar-refractivity contribution is 0.415. The van der Waals surface area contributed by atoms with Crippen molar-refractivity contribution in [2.75, 3.05) is 26.1 Å². The Balaban J connectivity index is 0.00000112.